The van der Waals surface area contributed by atoms with E-state index in [-0.39, 0.29) is 5.54 Å². The molecule has 5 fully saturated rings. The molecule has 0 heterocycles. The van der Waals surface area contributed by atoms with E-state index < -0.39 is 0 Å². The van der Waals surface area contributed by atoms with Crippen LogP contribution in [-0.4, -0.2) is 5.54 Å². The van der Waals surface area contributed by atoms with Crippen LogP contribution in [0.15, 0.2) is 0 Å². The molecule has 3 unspecified atom stereocenters. The van der Waals surface area contributed by atoms with Crippen LogP contribution in [0, 0.1) is 35.0 Å². The number of hydrogen-bond donors (Lipinski definition) is 1. The molecule has 1 heteroatoms. The molecule has 2 N–H and O–H groups in total. The zero-order chi connectivity index (χ0) is 14.7. The van der Waals surface area contributed by atoms with Crippen LogP contribution in [-0.2, 0) is 0 Å². The fourth-order valence-electron chi connectivity index (χ4n) is 7.61. The third-order valence-electron chi connectivity index (χ3n) is 8.42. The second kappa shape index (κ2) is 4.98. The van der Waals surface area contributed by atoms with E-state index in [1.807, 2.05) is 0 Å². The molecule has 21 heavy (non-hydrogen) atoms. The Labute approximate surface area is 131 Å². The van der Waals surface area contributed by atoms with Crippen LogP contribution in [0.3, 0.4) is 0 Å². The van der Waals surface area contributed by atoms with E-state index >= 15 is 0 Å². The van der Waals surface area contributed by atoms with Gasteiger partial charge in [0.15, 0.2) is 0 Å². The Bertz CT molecular complexity index is 377. The van der Waals surface area contributed by atoms with Crippen LogP contribution < -0.4 is 5.73 Å². The zero-order valence-electron chi connectivity index (χ0n) is 14.2. The van der Waals surface area contributed by atoms with Crippen molar-refractivity contribution in [2.24, 2.45) is 40.7 Å². The van der Waals surface area contributed by atoms with E-state index in [1.165, 1.54) is 57.8 Å². The monoisotopic (exact) mass is 289 g/mol. The summed E-state index contributed by atoms with van der Waals surface area (Å²) in [7, 11) is 0. The Hall–Kier alpha value is -0.0400. The minimum absolute atomic E-state index is 0.0745. The van der Waals surface area contributed by atoms with Crippen LogP contribution in [0.5, 0.6) is 0 Å². The SMILES string of the molecule is CC[C@](C)(N)C12CC3CC(CC(C3)C1C1CCCCC1)C2. The van der Waals surface area contributed by atoms with Crippen LogP contribution in [0.25, 0.3) is 0 Å². The summed E-state index contributed by atoms with van der Waals surface area (Å²) < 4.78 is 0. The molecule has 0 saturated heterocycles. The molecular formula is C20H35N. The van der Waals surface area contributed by atoms with Gasteiger partial charge in [0.05, 0.1) is 0 Å². The van der Waals surface area contributed by atoms with Gasteiger partial charge in [-0.1, -0.05) is 39.0 Å². The maximum absolute atomic E-state index is 7.01. The number of hydrogen-bond acceptors (Lipinski definition) is 1. The van der Waals surface area contributed by atoms with Crippen molar-refractivity contribution in [3.63, 3.8) is 0 Å². The van der Waals surface area contributed by atoms with E-state index in [1.54, 1.807) is 12.8 Å². The molecule has 0 radical (unpaired) electrons. The van der Waals surface area contributed by atoms with E-state index in [4.69, 9.17) is 5.73 Å². The first kappa shape index (κ1) is 14.5. The third kappa shape index (κ3) is 2.06. The lowest BCUT2D eigenvalue weighted by Crippen LogP contribution is -2.66. The largest absolute Gasteiger partial charge is 0.325 e. The second-order valence-electron chi connectivity index (χ2n) is 9.46. The number of rotatable bonds is 3. The summed E-state index contributed by atoms with van der Waals surface area (Å²) >= 11 is 0. The highest BCUT2D eigenvalue weighted by Gasteiger charge is 2.63. The molecule has 120 valence electrons. The minimum atomic E-state index is 0.0745. The van der Waals surface area contributed by atoms with E-state index in [0.717, 1.165) is 29.6 Å². The molecule has 0 spiro atoms. The maximum Gasteiger partial charge on any atom is 0.0183 e. The smallest absolute Gasteiger partial charge is 0.0183 e. The fourth-order valence-corrected chi connectivity index (χ4v) is 7.61. The molecule has 0 aliphatic heterocycles. The summed E-state index contributed by atoms with van der Waals surface area (Å²) in [4.78, 5) is 0. The highest BCUT2D eigenvalue weighted by molar-refractivity contribution is 5.15. The molecular weight excluding hydrogens is 254 g/mol. The Morgan fingerprint density at radius 2 is 1.57 bits per heavy atom. The Morgan fingerprint density at radius 1 is 0.952 bits per heavy atom. The van der Waals surface area contributed by atoms with Crippen molar-refractivity contribution in [3.05, 3.63) is 0 Å². The fraction of sp³-hybridized carbons (Fsp3) is 1.00. The minimum Gasteiger partial charge on any atom is -0.325 e. The topological polar surface area (TPSA) is 26.0 Å². The van der Waals surface area contributed by atoms with Crippen LogP contribution in [0.1, 0.15) is 84.5 Å². The predicted octanol–water partition coefficient (Wildman–Crippen LogP) is 5.14. The van der Waals surface area contributed by atoms with Gasteiger partial charge >= 0.3 is 0 Å². The standard InChI is InChI=1S/C20H35N/c1-3-19(2,21)20-12-14-9-15(13-20)11-17(10-14)18(20)16-7-5-4-6-8-16/h14-18H,3-13,21H2,1-2H3/t14?,15?,17?,18?,19-,20?/m0/s1. The van der Waals surface area contributed by atoms with Crippen LogP contribution in [0.2, 0.25) is 0 Å². The van der Waals surface area contributed by atoms with Gasteiger partial charge in [0.1, 0.15) is 0 Å². The lowest BCUT2D eigenvalue weighted by Gasteiger charge is -2.68. The molecule has 5 rings (SSSR count). The van der Waals surface area contributed by atoms with Crippen molar-refractivity contribution in [1.82, 2.24) is 0 Å². The molecule has 5 aliphatic rings. The summed E-state index contributed by atoms with van der Waals surface area (Å²) in [5.74, 6) is 5.07. The quantitative estimate of drug-likeness (QED) is 0.765. The highest BCUT2D eigenvalue weighted by Crippen LogP contribution is 2.68. The van der Waals surface area contributed by atoms with Gasteiger partial charge in [0, 0.05) is 5.54 Å². The van der Waals surface area contributed by atoms with Gasteiger partial charge in [-0.05, 0) is 80.5 Å². The summed E-state index contributed by atoms with van der Waals surface area (Å²) in [6.45, 7) is 4.76. The first-order valence-corrected chi connectivity index (χ1v) is 9.84. The van der Waals surface area contributed by atoms with Gasteiger partial charge < -0.3 is 5.73 Å². The molecule has 4 atom stereocenters. The summed E-state index contributed by atoms with van der Waals surface area (Å²) in [6.07, 6.45) is 16.3. The van der Waals surface area contributed by atoms with Crippen LogP contribution >= 0.6 is 0 Å². The molecule has 0 aromatic carbocycles. The molecule has 0 aromatic heterocycles. The third-order valence-corrected chi connectivity index (χ3v) is 8.42. The Kier molecular flexibility index (Phi) is 3.45. The van der Waals surface area contributed by atoms with Crippen molar-refractivity contribution >= 4 is 0 Å². The van der Waals surface area contributed by atoms with Crippen molar-refractivity contribution in [2.75, 3.05) is 0 Å². The Morgan fingerprint density at radius 3 is 2.14 bits per heavy atom. The van der Waals surface area contributed by atoms with Gasteiger partial charge in [0.25, 0.3) is 0 Å². The Balaban J connectivity index is 1.72. The zero-order valence-corrected chi connectivity index (χ0v) is 14.2. The first-order valence-electron chi connectivity index (χ1n) is 9.84. The first-order chi connectivity index (χ1) is 10.1. The molecule has 5 aliphatic carbocycles. The summed E-state index contributed by atoms with van der Waals surface area (Å²) in [5, 5.41) is 0. The van der Waals surface area contributed by atoms with Crippen LogP contribution in [0.4, 0.5) is 0 Å². The molecule has 5 saturated carbocycles. The van der Waals surface area contributed by atoms with Gasteiger partial charge in [0.2, 0.25) is 0 Å². The normalized spacial score (nSPS) is 49.3. The van der Waals surface area contributed by atoms with Crippen molar-refractivity contribution in [3.8, 4) is 0 Å². The lowest BCUT2D eigenvalue weighted by molar-refractivity contribution is -0.169. The highest BCUT2D eigenvalue weighted by atomic mass is 14.8. The van der Waals surface area contributed by atoms with Gasteiger partial charge in [-0.2, -0.15) is 0 Å². The summed E-state index contributed by atoms with van der Waals surface area (Å²) in [5.41, 5.74) is 7.59. The van der Waals surface area contributed by atoms with E-state index in [9.17, 15) is 0 Å². The second-order valence-corrected chi connectivity index (χ2v) is 9.46. The molecule has 0 aromatic rings. The van der Waals surface area contributed by atoms with Gasteiger partial charge in [-0.25, -0.2) is 0 Å². The maximum atomic E-state index is 7.01. The summed E-state index contributed by atoms with van der Waals surface area (Å²) in [6, 6.07) is 0. The van der Waals surface area contributed by atoms with Gasteiger partial charge in [-0.15, -0.1) is 0 Å². The lowest BCUT2D eigenvalue weighted by atomic mass is 9.38. The number of nitrogens with two attached hydrogens (primary N) is 1. The molecule has 4 bridgehead atoms. The molecule has 1 nitrogen and oxygen atoms in total. The predicted molar refractivity (Wildman–Crippen MR) is 88.9 cm³/mol. The average molecular weight is 290 g/mol. The van der Waals surface area contributed by atoms with E-state index in [0.29, 0.717) is 5.41 Å². The average Bonchev–Trinajstić information content (AvgIpc) is 2.47. The van der Waals surface area contributed by atoms with Crippen molar-refractivity contribution in [1.29, 1.82) is 0 Å². The van der Waals surface area contributed by atoms with E-state index in [2.05, 4.69) is 13.8 Å². The van der Waals surface area contributed by atoms with Gasteiger partial charge in [-0.3, -0.25) is 0 Å². The van der Waals surface area contributed by atoms with Crippen molar-refractivity contribution < 1.29 is 0 Å². The van der Waals surface area contributed by atoms with Crippen molar-refractivity contribution in [2.45, 2.75) is 90.0 Å². The molecule has 0 amide bonds.